The van der Waals surface area contributed by atoms with E-state index in [-0.39, 0.29) is 0 Å². The van der Waals surface area contributed by atoms with Crippen LogP contribution in [0, 0.1) is 4.64 Å². The van der Waals surface area contributed by atoms with Crippen molar-refractivity contribution < 1.29 is 4.74 Å². The van der Waals surface area contributed by atoms with Crippen LogP contribution in [0.4, 0.5) is 0 Å². The zero-order valence-corrected chi connectivity index (χ0v) is 12.1. The van der Waals surface area contributed by atoms with Gasteiger partial charge in [0.1, 0.15) is 22.8 Å². The standard InChI is InChI=1S/C17H14N2OS/c21-17-11-15(13-7-3-1-4-8-13)18-16(19-17)12-20-14-9-5-2-6-10-14/h1-11H,12H2,(H,18,19,21). The Bertz CT molecular complexity index is 770. The summed E-state index contributed by atoms with van der Waals surface area (Å²) in [7, 11) is 0. The molecule has 0 radical (unpaired) electrons. The van der Waals surface area contributed by atoms with Gasteiger partial charge in [0.05, 0.1) is 0 Å². The molecule has 0 spiro atoms. The molecule has 0 saturated heterocycles. The first kappa shape index (κ1) is 13.5. The minimum atomic E-state index is 0.355. The second-order valence-electron chi connectivity index (χ2n) is 4.55. The van der Waals surface area contributed by atoms with Gasteiger partial charge in [-0.05, 0) is 23.8 Å². The van der Waals surface area contributed by atoms with Crippen LogP contribution in [0.5, 0.6) is 5.75 Å². The summed E-state index contributed by atoms with van der Waals surface area (Å²) in [5.74, 6) is 1.52. The number of rotatable bonds is 4. The van der Waals surface area contributed by atoms with Gasteiger partial charge in [0.2, 0.25) is 0 Å². The van der Waals surface area contributed by atoms with Crippen molar-refractivity contribution in [3.8, 4) is 17.0 Å². The topological polar surface area (TPSA) is 37.9 Å². The molecule has 0 saturated carbocycles. The molecular formula is C17H14N2OS. The predicted molar refractivity (Wildman–Crippen MR) is 85.6 cm³/mol. The van der Waals surface area contributed by atoms with Gasteiger partial charge in [-0.1, -0.05) is 60.7 Å². The summed E-state index contributed by atoms with van der Waals surface area (Å²) in [4.78, 5) is 7.58. The van der Waals surface area contributed by atoms with Crippen LogP contribution in [0.1, 0.15) is 5.82 Å². The molecule has 0 aliphatic rings. The second-order valence-corrected chi connectivity index (χ2v) is 4.97. The third kappa shape index (κ3) is 3.55. The highest BCUT2D eigenvalue weighted by Crippen LogP contribution is 2.17. The first-order valence-electron chi connectivity index (χ1n) is 6.65. The Morgan fingerprint density at radius 3 is 2.33 bits per heavy atom. The van der Waals surface area contributed by atoms with Crippen LogP contribution in [0.2, 0.25) is 0 Å². The lowest BCUT2D eigenvalue weighted by Gasteiger charge is -2.08. The molecule has 4 heteroatoms. The van der Waals surface area contributed by atoms with Crippen LogP contribution in [-0.2, 0) is 6.61 Å². The number of nitrogens with one attached hydrogen (secondary N) is 1. The number of H-pyrrole nitrogens is 1. The van der Waals surface area contributed by atoms with Crippen LogP contribution in [-0.4, -0.2) is 9.97 Å². The van der Waals surface area contributed by atoms with Gasteiger partial charge in [-0.2, -0.15) is 0 Å². The van der Waals surface area contributed by atoms with E-state index in [2.05, 4.69) is 9.97 Å². The third-order valence-corrected chi connectivity index (χ3v) is 3.20. The number of aromatic amines is 1. The van der Waals surface area contributed by atoms with E-state index in [9.17, 15) is 0 Å². The Kier molecular flexibility index (Phi) is 4.07. The molecule has 21 heavy (non-hydrogen) atoms. The fourth-order valence-electron chi connectivity index (χ4n) is 2.02. The van der Waals surface area contributed by atoms with Gasteiger partial charge in [0.15, 0.2) is 0 Å². The van der Waals surface area contributed by atoms with E-state index in [1.165, 1.54) is 0 Å². The Hall–Kier alpha value is -2.46. The molecule has 0 amide bonds. The van der Waals surface area contributed by atoms with E-state index in [4.69, 9.17) is 17.0 Å². The van der Waals surface area contributed by atoms with E-state index in [0.717, 1.165) is 17.0 Å². The molecule has 0 atom stereocenters. The number of nitrogens with zero attached hydrogens (tertiary/aromatic N) is 1. The molecule has 104 valence electrons. The smallest absolute Gasteiger partial charge is 0.146 e. The third-order valence-electron chi connectivity index (χ3n) is 3.00. The second kappa shape index (κ2) is 6.33. The molecule has 3 aromatic rings. The van der Waals surface area contributed by atoms with E-state index in [1.807, 2.05) is 66.7 Å². The monoisotopic (exact) mass is 294 g/mol. The summed E-state index contributed by atoms with van der Waals surface area (Å²) in [5.41, 5.74) is 2.02. The molecule has 0 bridgehead atoms. The number of hydrogen-bond acceptors (Lipinski definition) is 3. The van der Waals surface area contributed by atoms with Gasteiger partial charge < -0.3 is 9.72 Å². The van der Waals surface area contributed by atoms with Gasteiger partial charge in [-0.3, -0.25) is 0 Å². The molecule has 1 N–H and O–H groups in total. The summed E-state index contributed by atoms with van der Waals surface area (Å²) in [6.07, 6.45) is 0. The molecular weight excluding hydrogens is 280 g/mol. The number of benzene rings is 2. The maximum absolute atomic E-state index is 5.70. The Balaban J connectivity index is 1.83. The molecule has 3 nitrogen and oxygen atoms in total. The summed E-state index contributed by atoms with van der Waals surface area (Å²) in [6, 6.07) is 21.5. The highest BCUT2D eigenvalue weighted by atomic mass is 32.1. The van der Waals surface area contributed by atoms with Crippen LogP contribution >= 0.6 is 12.2 Å². The van der Waals surface area contributed by atoms with Gasteiger partial charge in [0, 0.05) is 5.69 Å². The molecule has 1 aromatic heterocycles. The van der Waals surface area contributed by atoms with Crippen LogP contribution in [0.25, 0.3) is 11.3 Å². The maximum Gasteiger partial charge on any atom is 0.146 e. The van der Waals surface area contributed by atoms with E-state index >= 15 is 0 Å². The largest absolute Gasteiger partial charge is 0.486 e. The van der Waals surface area contributed by atoms with Gasteiger partial charge in [-0.25, -0.2) is 4.98 Å². The zero-order valence-electron chi connectivity index (χ0n) is 11.3. The summed E-state index contributed by atoms with van der Waals surface area (Å²) >= 11 is 5.23. The number of para-hydroxylation sites is 1. The predicted octanol–water partition coefficient (Wildman–Crippen LogP) is 4.39. The summed E-state index contributed by atoms with van der Waals surface area (Å²) in [5, 5.41) is 0. The number of aromatic nitrogens is 2. The van der Waals surface area contributed by atoms with E-state index in [1.54, 1.807) is 0 Å². The van der Waals surface area contributed by atoms with Gasteiger partial charge >= 0.3 is 0 Å². The zero-order chi connectivity index (χ0) is 14.5. The Morgan fingerprint density at radius 2 is 1.62 bits per heavy atom. The first-order chi connectivity index (χ1) is 10.3. The molecule has 0 fully saturated rings. The van der Waals surface area contributed by atoms with Crippen molar-refractivity contribution in [1.82, 2.24) is 9.97 Å². The summed E-state index contributed by atoms with van der Waals surface area (Å²) < 4.78 is 6.25. The number of hydrogen-bond donors (Lipinski definition) is 1. The molecule has 3 rings (SSSR count). The lowest BCUT2D eigenvalue weighted by Crippen LogP contribution is -2.02. The minimum absolute atomic E-state index is 0.355. The van der Waals surface area contributed by atoms with Gasteiger partial charge in [-0.15, -0.1) is 0 Å². The highest BCUT2D eigenvalue weighted by molar-refractivity contribution is 7.71. The van der Waals surface area contributed by atoms with Crippen LogP contribution in [0.3, 0.4) is 0 Å². The maximum atomic E-state index is 5.70. The molecule has 0 aliphatic carbocycles. The SMILES string of the molecule is S=c1cc(-c2ccccc2)[nH]c(COc2ccccc2)n1. The highest BCUT2D eigenvalue weighted by Gasteiger charge is 2.02. The van der Waals surface area contributed by atoms with E-state index in [0.29, 0.717) is 17.1 Å². The van der Waals surface area contributed by atoms with Crippen molar-refractivity contribution >= 4 is 12.2 Å². The molecule has 1 heterocycles. The van der Waals surface area contributed by atoms with Crippen molar-refractivity contribution in [1.29, 1.82) is 0 Å². The molecule has 0 aliphatic heterocycles. The van der Waals surface area contributed by atoms with Crippen molar-refractivity contribution in [3.63, 3.8) is 0 Å². The Morgan fingerprint density at radius 1 is 0.952 bits per heavy atom. The lowest BCUT2D eigenvalue weighted by atomic mass is 10.1. The average Bonchev–Trinajstić information content (AvgIpc) is 2.54. The first-order valence-corrected chi connectivity index (χ1v) is 7.05. The lowest BCUT2D eigenvalue weighted by molar-refractivity contribution is 0.296. The van der Waals surface area contributed by atoms with E-state index < -0.39 is 0 Å². The molecule has 0 unspecified atom stereocenters. The molecule has 2 aromatic carbocycles. The normalized spacial score (nSPS) is 10.3. The van der Waals surface area contributed by atoms with Crippen molar-refractivity contribution in [2.45, 2.75) is 6.61 Å². The van der Waals surface area contributed by atoms with Crippen LogP contribution in [0.15, 0.2) is 66.7 Å². The van der Waals surface area contributed by atoms with Gasteiger partial charge in [0.25, 0.3) is 0 Å². The Labute approximate surface area is 128 Å². The quantitative estimate of drug-likeness (QED) is 0.725. The summed E-state index contributed by atoms with van der Waals surface area (Å²) in [6.45, 7) is 0.355. The minimum Gasteiger partial charge on any atom is -0.486 e. The fraction of sp³-hybridized carbons (Fsp3) is 0.0588. The average molecular weight is 294 g/mol. The number of ether oxygens (including phenoxy) is 1. The van der Waals surface area contributed by atoms with Crippen LogP contribution < -0.4 is 4.74 Å². The van der Waals surface area contributed by atoms with Crippen molar-refractivity contribution in [2.75, 3.05) is 0 Å². The fourth-order valence-corrected chi connectivity index (χ4v) is 2.25. The van der Waals surface area contributed by atoms with Crippen molar-refractivity contribution in [3.05, 3.63) is 77.2 Å². The van der Waals surface area contributed by atoms with Crippen molar-refractivity contribution in [2.24, 2.45) is 0 Å².